The average Bonchev–Trinajstić information content (AvgIpc) is 2.42. The number of hydrogen-bond acceptors (Lipinski definition) is 5. The molecule has 1 fully saturated rings. The summed E-state index contributed by atoms with van der Waals surface area (Å²) in [4.78, 5) is 21.7. The molecule has 0 amide bonds. The lowest BCUT2D eigenvalue weighted by Gasteiger charge is -2.32. The van der Waals surface area contributed by atoms with Crippen molar-refractivity contribution in [3.8, 4) is 0 Å². The van der Waals surface area contributed by atoms with Crippen LogP contribution < -0.4 is 4.90 Å². The van der Waals surface area contributed by atoms with E-state index < -0.39 is 0 Å². The standard InChI is InChI=1S/C12H15Cl2N3O2/c1-2-19-11(18)8-4-3-5-17(7-8)10-9(13)6-15-12(14)16-10/h6,8H,2-5,7H2,1H3/t8-/m0/s1. The number of nitrogens with zero attached hydrogens (tertiary/aromatic N) is 3. The Hall–Kier alpha value is -1.07. The SMILES string of the molecule is CCOC(=O)[C@H]1CCCN(c2nc(Cl)ncc2Cl)C1. The van der Waals surface area contributed by atoms with Gasteiger partial charge in [-0.25, -0.2) is 4.98 Å². The van der Waals surface area contributed by atoms with Gasteiger partial charge in [0.1, 0.15) is 5.02 Å². The highest BCUT2D eigenvalue weighted by atomic mass is 35.5. The van der Waals surface area contributed by atoms with Crippen LogP contribution in [0.4, 0.5) is 5.82 Å². The van der Waals surface area contributed by atoms with Crippen LogP contribution in [-0.2, 0) is 9.53 Å². The molecule has 7 heteroatoms. The Kier molecular flexibility index (Phi) is 4.82. The Balaban J connectivity index is 2.12. The van der Waals surface area contributed by atoms with Crippen LogP contribution in [0.5, 0.6) is 0 Å². The van der Waals surface area contributed by atoms with Crippen molar-refractivity contribution in [2.75, 3.05) is 24.6 Å². The van der Waals surface area contributed by atoms with Crippen LogP contribution in [0.2, 0.25) is 10.3 Å². The molecule has 1 aromatic rings. The molecule has 1 atom stereocenters. The molecule has 1 saturated heterocycles. The number of carbonyl (C=O) groups is 1. The lowest BCUT2D eigenvalue weighted by molar-refractivity contribution is -0.148. The summed E-state index contributed by atoms with van der Waals surface area (Å²) in [6.07, 6.45) is 3.19. The molecule has 2 rings (SSSR count). The molecule has 5 nitrogen and oxygen atoms in total. The maximum atomic E-state index is 11.8. The predicted molar refractivity (Wildman–Crippen MR) is 73.6 cm³/mol. The van der Waals surface area contributed by atoms with Crippen LogP contribution in [0.25, 0.3) is 0 Å². The highest BCUT2D eigenvalue weighted by Gasteiger charge is 2.28. The zero-order valence-corrected chi connectivity index (χ0v) is 12.1. The highest BCUT2D eigenvalue weighted by molar-refractivity contribution is 6.33. The summed E-state index contributed by atoms with van der Waals surface area (Å²) in [5.41, 5.74) is 0. The minimum Gasteiger partial charge on any atom is -0.466 e. The Morgan fingerprint density at radius 1 is 1.58 bits per heavy atom. The second kappa shape index (κ2) is 6.39. The number of esters is 1. The first-order valence-corrected chi connectivity index (χ1v) is 6.97. The van der Waals surface area contributed by atoms with Crippen LogP contribution in [0.1, 0.15) is 19.8 Å². The van der Waals surface area contributed by atoms with Crippen LogP contribution in [0, 0.1) is 5.92 Å². The molecular weight excluding hydrogens is 289 g/mol. The molecule has 0 bridgehead atoms. The topological polar surface area (TPSA) is 55.3 Å². The molecule has 1 aliphatic rings. The average molecular weight is 304 g/mol. The van der Waals surface area contributed by atoms with Crippen molar-refractivity contribution in [1.82, 2.24) is 9.97 Å². The summed E-state index contributed by atoms with van der Waals surface area (Å²) in [7, 11) is 0. The van der Waals surface area contributed by atoms with E-state index in [1.54, 1.807) is 6.92 Å². The summed E-state index contributed by atoms with van der Waals surface area (Å²) in [6.45, 7) is 3.55. The number of hydrogen-bond donors (Lipinski definition) is 0. The minimum absolute atomic E-state index is 0.140. The van der Waals surface area contributed by atoms with Crippen molar-refractivity contribution in [3.05, 3.63) is 16.5 Å². The van der Waals surface area contributed by atoms with Crippen molar-refractivity contribution in [2.24, 2.45) is 5.92 Å². The number of piperidine rings is 1. The van der Waals surface area contributed by atoms with E-state index in [0.29, 0.717) is 24.0 Å². The lowest BCUT2D eigenvalue weighted by Crippen LogP contribution is -2.40. The van der Waals surface area contributed by atoms with Crippen molar-refractivity contribution in [2.45, 2.75) is 19.8 Å². The zero-order valence-electron chi connectivity index (χ0n) is 10.6. The molecule has 104 valence electrons. The van der Waals surface area contributed by atoms with Gasteiger partial charge in [0.2, 0.25) is 5.28 Å². The van der Waals surface area contributed by atoms with Crippen molar-refractivity contribution >= 4 is 35.0 Å². The molecule has 19 heavy (non-hydrogen) atoms. The van der Waals surface area contributed by atoms with Gasteiger partial charge in [-0.15, -0.1) is 0 Å². The molecule has 1 aromatic heterocycles. The molecule has 0 radical (unpaired) electrons. The van der Waals surface area contributed by atoms with Crippen molar-refractivity contribution in [1.29, 1.82) is 0 Å². The van der Waals surface area contributed by atoms with E-state index in [4.69, 9.17) is 27.9 Å². The molecule has 0 aromatic carbocycles. The van der Waals surface area contributed by atoms with Gasteiger partial charge in [0.15, 0.2) is 5.82 Å². The first-order chi connectivity index (χ1) is 9.11. The van der Waals surface area contributed by atoms with Gasteiger partial charge in [-0.2, -0.15) is 4.98 Å². The van der Waals surface area contributed by atoms with Crippen molar-refractivity contribution in [3.63, 3.8) is 0 Å². The minimum atomic E-state index is -0.163. The zero-order chi connectivity index (χ0) is 13.8. The van der Waals surface area contributed by atoms with Gasteiger partial charge in [0, 0.05) is 13.1 Å². The maximum absolute atomic E-state index is 11.8. The Bertz CT molecular complexity index is 470. The third-order valence-corrected chi connectivity index (χ3v) is 3.49. The number of halogens is 2. The monoisotopic (exact) mass is 303 g/mol. The second-order valence-corrected chi connectivity index (χ2v) is 5.09. The first kappa shape index (κ1) is 14.3. The second-order valence-electron chi connectivity index (χ2n) is 4.35. The van der Waals surface area contributed by atoms with Crippen LogP contribution in [0.15, 0.2) is 6.20 Å². The van der Waals surface area contributed by atoms with Crippen LogP contribution in [0.3, 0.4) is 0 Å². The molecule has 0 aliphatic carbocycles. The third-order valence-electron chi connectivity index (χ3n) is 3.04. The Morgan fingerprint density at radius 3 is 3.11 bits per heavy atom. The fourth-order valence-corrected chi connectivity index (χ4v) is 2.52. The van der Waals surface area contributed by atoms with Gasteiger partial charge in [-0.1, -0.05) is 11.6 Å². The van der Waals surface area contributed by atoms with Gasteiger partial charge in [0.25, 0.3) is 0 Å². The van der Waals surface area contributed by atoms with Crippen molar-refractivity contribution < 1.29 is 9.53 Å². The molecule has 0 N–H and O–H groups in total. The fraction of sp³-hybridized carbons (Fsp3) is 0.583. The van der Waals surface area contributed by atoms with E-state index in [2.05, 4.69) is 9.97 Å². The summed E-state index contributed by atoms with van der Waals surface area (Å²) in [6, 6.07) is 0. The van der Waals surface area contributed by atoms with Gasteiger partial charge in [0.05, 0.1) is 18.7 Å². The molecule has 2 heterocycles. The third kappa shape index (κ3) is 3.48. The van der Waals surface area contributed by atoms with E-state index in [0.717, 1.165) is 19.4 Å². The number of aromatic nitrogens is 2. The molecule has 0 spiro atoms. The van der Waals surface area contributed by atoms with Gasteiger partial charge < -0.3 is 9.64 Å². The first-order valence-electron chi connectivity index (χ1n) is 6.21. The van der Waals surface area contributed by atoms with Crippen LogP contribution in [-0.4, -0.2) is 35.6 Å². The normalized spacial score (nSPS) is 19.3. The molecule has 0 unspecified atom stereocenters. The number of carbonyl (C=O) groups excluding carboxylic acids is 1. The Morgan fingerprint density at radius 2 is 2.37 bits per heavy atom. The molecular formula is C12H15Cl2N3O2. The van der Waals surface area contributed by atoms with E-state index in [9.17, 15) is 4.79 Å². The lowest BCUT2D eigenvalue weighted by atomic mass is 9.98. The number of rotatable bonds is 3. The number of ether oxygens (including phenoxy) is 1. The maximum Gasteiger partial charge on any atom is 0.310 e. The van der Waals surface area contributed by atoms with E-state index >= 15 is 0 Å². The summed E-state index contributed by atoms with van der Waals surface area (Å²) < 4.78 is 5.06. The number of anilines is 1. The summed E-state index contributed by atoms with van der Waals surface area (Å²) >= 11 is 11.9. The van der Waals surface area contributed by atoms with Crippen LogP contribution >= 0.6 is 23.2 Å². The van der Waals surface area contributed by atoms with Gasteiger partial charge in [-0.3, -0.25) is 4.79 Å². The summed E-state index contributed by atoms with van der Waals surface area (Å²) in [5, 5.41) is 0.589. The predicted octanol–water partition coefficient (Wildman–Crippen LogP) is 2.56. The summed E-state index contributed by atoms with van der Waals surface area (Å²) in [5.74, 6) is 0.276. The van der Waals surface area contributed by atoms with E-state index in [-0.39, 0.29) is 17.2 Å². The van der Waals surface area contributed by atoms with Gasteiger partial charge in [-0.05, 0) is 31.4 Å². The van der Waals surface area contributed by atoms with E-state index in [1.807, 2.05) is 4.90 Å². The fourth-order valence-electron chi connectivity index (χ4n) is 2.18. The van der Waals surface area contributed by atoms with E-state index in [1.165, 1.54) is 6.20 Å². The smallest absolute Gasteiger partial charge is 0.310 e. The van der Waals surface area contributed by atoms with Gasteiger partial charge >= 0.3 is 5.97 Å². The largest absolute Gasteiger partial charge is 0.466 e. The quantitative estimate of drug-likeness (QED) is 0.634. The molecule has 0 saturated carbocycles. The molecule has 1 aliphatic heterocycles. The Labute approximate surface area is 121 Å². The highest BCUT2D eigenvalue weighted by Crippen LogP contribution is 2.28.